The molecule has 0 bridgehead atoms. The highest BCUT2D eigenvalue weighted by atomic mass is 35.5. The van der Waals surface area contributed by atoms with Gasteiger partial charge in [-0.15, -0.1) is 0 Å². The van der Waals surface area contributed by atoms with E-state index in [4.69, 9.17) is 11.6 Å². The van der Waals surface area contributed by atoms with Crippen molar-refractivity contribution in [2.75, 3.05) is 17.2 Å². The number of halogens is 2. The molecule has 1 heterocycles. The zero-order valence-electron chi connectivity index (χ0n) is 10.5. The van der Waals surface area contributed by atoms with Gasteiger partial charge in [-0.25, -0.2) is 4.39 Å². The largest absolute Gasteiger partial charge is 0.384 e. The second-order valence-corrected chi connectivity index (χ2v) is 5.01. The average molecular weight is 291 g/mol. The molecule has 0 atom stereocenters. The molecule has 1 aliphatic heterocycles. The molecular formula is C15H12ClFN2O. The van der Waals surface area contributed by atoms with Crippen molar-refractivity contribution in [2.24, 2.45) is 0 Å². The quantitative estimate of drug-likeness (QED) is 0.885. The number of carbonyl (C=O) groups is 1. The molecule has 2 aromatic carbocycles. The number of amides is 1. The number of nitrogens with one attached hydrogen (secondary N) is 2. The summed E-state index contributed by atoms with van der Waals surface area (Å²) in [6.07, 6.45) is 0.958. The van der Waals surface area contributed by atoms with Gasteiger partial charge in [0.05, 0.1) is 10.7 Å². The minimum Gasteiger partial charge on any atom is -0.384 e. The Morgan fingerprint density at radius 2 is 2.15 bits per heavy atom. The molecule has 0 unspecified atom stereocenters. The van der Waals surface area contributed by atoms with Gasteiger partial charge in [-0.3, -0.25) is 4.79 Å². The number of carbonyl (C=O) groups excluding carboxylic acids is 1. The van der Waals surface area contributed by atoms with Gasteiger partial charge in [-0.05, 0) is 36.2 Å². The molecule has 5 heteroatoms. The van der Waals surface area contributed by atoms with Crippen molar-refractivity contribution in [1.82, 2.24) is 0 Å². The van der Waals surface area contributed by atoms with E-state index in [9.17, 15) is 9.18 Å². The number of hydrogen-bond donors (Lipinski definition) is 2. The topological polar surface area (TPSA) is 41.1 Å². The predicted octanol–water partition coefficient (Wildman–Crippen LogP) is 3.70. The third-order valence-corrected chi connectivity index (χ3v) is 3.57. The lowest BCUT2D eigenvalue weighted by Gasteiger charge is -2.08. The predicted molar refractivity (Wildman–Crippen MR) is 78.0 cm³/mol. The molecule has 0 radical (unpaired) electrons. The van der Waals surface area contributed by atoms with Crippen LogP contribution in [-0.4, -0.2) is 12.5 Å². The monoisotopic (exact) mass is 290 g/mol. The van der Waals surface area contributed by atoms with Crippen LogP contribution in [0.1, 0.15) is 15.9 Å². The molecule has 1 amide bonds. The van der Waals surface area contributed by atoms with E-state index in [1.54, 1.807) is 18.2 Å². The van der Waals surface area contributed by atoms with E-state index in [0.29, 0.717) is 5.56 Å². The van der Waals surface area contributed by atoms with Gasteiger partial charge in [0.2, 0.25) is 0 Å². The van der Waals surface area contributed by atoms with Gasteiger partial charge in [0, 0.05) is 17.8 Å². The standard InChI is InChI=1S/C15H12ClFN2O/c16-11-2-1-3-12(14(11)17)19-15(20)10-5-4-9-6-7-18-13(9)8-10/h1-5,8,18H,6-7H2,(H,19,20). The highest BCUT2D eigenvalue weighted by molar-refractivity contribution is 6.31. The first-order valence-corrected chi connectivity index (χ1v) is 6.65. The first kappa shape index (κ1) is 12.9. The molecule has 0 spiro atoms. The van der Waals surface area contributed by atoms with Crippen LogP contribution in [0, 0.1) is 5.82 Å². The molecule has 0 aromatic heterocycles. The Kier molecular flexibility index (Phi) is 3.32. The Morgan fingerprint density at radius 1 is 1.30 bits per heavy atom. The molecule has 0 aliphatic carbocycles. The first-order valence-electron chi connectivity index (χ1n) is 6.27. The lowest BCUT2D eigenvalue weighted by atomic mass is 10.1. The van der Waals surface area contributed by atoms with Crippen molar-refractivity contribution in [3.05, 3.63) is 58.4 Å². The molecule has 20 heavy (non-hydrogen) atoms. The molecule has 102 valence electrons. The van der Waals surface area contributed by atoms with Crippen molar-refractivity contribution in [3.63, 3.8) is 0 Å². The van der Waals surface area contributed by atoms with Crippen LogP contribution in [0.4, 0.5) is 15.8 Å². The Morgan fingerprint density at radius 3 is 3.00 bits per heavy atom. The summed E-state index contributed by atoms with van der Waals surface area (Å²) < 4.78 is 13.7. The third-order valence-electron chi connectivity index (χ3n) is 3.28. The Bertz CT molecular complexity index is 688. The van der Waals surface area contributed by atoms with Crippen LogP contribution in [0.15, 0.2) is 36.4 Å². The Hall–Kier alpha value is -2.07. The lowest BCUT2D eigenvalue weighted by molar-refractivity contribution is 0.102. The molecule has 0 fully saturated rings. The van der Waals surface area contributed by atoms with Crippen molar-refractivity contribution in [2.45, 2.75) is 6.42 Å². The number of benzene rings is 2. The second kappa shape index (κ2) is 5.13. The van der Waals surface area contributed by atoms with Gasteiger partial charge in [-0.2, -0.15) is 0 Å². The summed E-state index contributed by atoms with van der Waals surface area (Å²) in [6, 6.07) is 9.93. The van der Waals surface area contributed by atoms with E-state index in [1.807, 2.05) is 6.07 Å². The fourth-order valence-corrected chi connectivity index (χ4v) is 2.40. The van der Waals surface area contributed by atoms with Crippen LogP contribution in [0.2, 0.25) is 5.02 Å². The van der Waals surface area contributed by atoms with E-state index >= 15 is 0 Å². The van der Waals surface area contributed by atoms with Gasteiger partial charge in [-0.1, -0.05) is 23.7 Å². The smallest absolute Gasteiger partial charge is 0.255 e. The summed E-state index contributed by atoms with van der Waals surface area (Å²) in [7, 11) is 0. The maximum atomic E-state index is 13.7. The van der Waals surface area contributed by atoms with Crippen LogP contribution >= 0.6 is 11.6 Å². The summed E-state index contributed by atoms with van der Waals surface area (Å²) in [5.41, 5.74) is 2.72. The van der Waals surface area contributed by atoms with Gasteiger partial charge < -0.3 is 10.6 Å². The zero-order valence-corrected chi connectivity index (χ0v) is 11.3. The van der Waals surface area contributed by atoms with Crippen molar-refractivity contribution >= 4 is 28.9 Å². The fourth-order valence-electron chi connectivity index (χ4n) is 2.23. The van der Waals surface area contributed by atoms with Gasteiger partial charge in [0.15, 0.2) is 5.82 Å². The number of hydrogen-bond acceptors (Lipinski definition) is 2. The van der Waals surface area contributed by atoms with Gasteiger partial charge in [0.25, 0.3) is 5.91 Å². The first-order chi connectivity index (χ1) is 9.65. The van der Waals surface area contributed by atoms with E-state index in [1.165, 1.54) is 17.7 Å². The molecular weight excluding hydrogens is 279 g/mol. The van der Waals surface area contributed by atoms with Crippen LogP contribution < -0.4 is 10.6 Å². The molecule has 0 saturated carbocycles. The summed E-state index contributed by atoms with van der Waals surface area (Å²) in [5, 5.41) is 5.72. The highest BCUT2D eigenvalue weighted by Crippen LogP contribution is 2.25. The number of anilines is 2. The van der Waals surface area contributed by atoms with E-state index in [2.05, 4.69) is 10.6 Å². The SMILES string of the molecule is O=C(Nc1cccc(Cl)c1F)c1ccc2c(c1)NCC2. The van der Waals surface area contributed by atoms with Crippen molar-refractivity contribution in [1.29, 1.82) is 0 Å². The third kappa shape index (κ3) is 2.34. The van der Waals surface area contributed by atoms with Gasteiger partial charge in [0.1, 0.15) is 0 Å². The van der Waals surface area contributed by atoms with E-state index in [-0.39, 0.29) is 16.6 Å². The fraction of sp³-hybridized carbons (Fsp3) is 0.133. The minimum absolute atomic E-state index is 0.0154. The maximum Gasteiger partial charge on any atom is 0.255 e. The molecule has 3 rings (SSSR count). The Labute approximate surface area is 120 Å². The second-order valence-electron chi connectivity index (χ2n) is 4.60. The van der Waals surface area contributed by atoms with Crippen LogP contribution in [0.3, 0.4) is 0 Å². The molecule has 2 aromatic rings. The summed E-state index contributed by atoms with van der Waals surface area (Å²) in [4.78, 5) is 12.1. The number of fused-ring (bicyclic) bond motifs is 1. The lowest BCUT2D eigenvalue weighted by Crippen LogP contribution is -2.13. The summed E-state index contributed by atoms with van der Waals surface area (Å²) in [5.74, 6) is -0.982. The van der Waals surface area contributed by atoms with Crippen molar-refractivity contribution < 1.29 is 9.18 Å². The summed E-state index contributed by atoms with van der Waals surface area (Å²) >= 11 is 5.68. The normalized spacial score (nSPS) is 12.7. The molecule has 2 N–H and O–H groups in total. The highest BCUT2D eigenvalue weighted by Gasteiger charge is 2.15. The maximum absolute atomic E-state index is 13.7. The van der Waals surface area contributed by atoms with Crippen LogP contribution in [0.5, 0.6) is 0 Å². The van der Waals surface area contributed by atoms with Gasteiger partial charge >= 0.3 is 0 Å². The minimum atomic E-state index is -0.623. The summed E-state index contributed by atoms with van der Waals surface area (Å²) in [6.45, 7) is 0.878. The molecule has 3 nitrogen and oxygen atoms in total. The van der Waals surface area contributed by atoms with Crippen LogP contribution in [0.25, 0.3) is 0 Å². The van der Waals surface area contributed by atoms with Crippen LogP contribution in [-0.2, 0) is 6.42 Å². The molecule has 1 aliphatic rings. The average Bonchev–Trinajstić information content (AvgIpc) is 2.91. The van der Waals surface area contributed by atoms with E-state index < -0.39 is 5.82 Å². The Balaban J connectivity index is 1.84. The zero-order chi connectivity index (χ0) is 14.1. The van der Waals surface area contributed by atoms with E-state index in [0.717, 1.165) is 18.7 Å². The molecule has 0 saturated heterocycles. The number of rotatable bonds is 2. The van der Waals surface area contributed by atoms with Crippen molar-refractivity contribution in [3.8, 4) is 0 Å².